The summed E-state index contributed by atoms with van der Waals surface area (Å²) in [7, 11) is 2.88. The van der Waals surface area contributed by atoms with E-state index in [9.17, 15) is 38.4 Å². The van der Waals surface area contributed by atoms with Crippen molar-refractivity contribution in [3.63, 3.8) is 0 Å². The van der Waals surface area contributed by atoms with Crippen LogP contribution in [-0.2, 0) is 43.0 Å². The summed E-state index contributed by atoms with van der Waals surface area (Å²) in [4.78, 5) is 110. The maximum Gasteiger partial charge on any atom is 0.426 e. The van der Waals surface area contributed by atoms with E-state index in [1.165, 1.54) is 35.7 Å². The van der Waals surface area contributed by atoms with E-state index < -0.39 is 95.1 Å². The van der Waals surface area contributed by atoms with E-state index in [-0.39, 0.29) is 37.8 Å². The Morgan fingerprint density at radius 2 is 1.36 bits per heavy atom. The molecule has 332 valence electrons. The molecule has 18 heteroatoms. The minimum Gasteiger partial charge on any atom is -0.452 e. The number of rotatable bonds is 17. The molecule has 0 aliphatic carbocycles. The third kappa shape index (κ3) is 16.7. The molecule has 7 amide bonds. The molecule has 1 aliphatic rings. The predicted molar refractivity (Wildman–Crippen MR) is 215 cm³/mol. The van der Waals surface area contributed by atoms with Crippen LogP contribution in [0.3, 0.4) is 0 Å². The molecule has 0 bridgehead atoms. The van der Waals surface area contributed by atoms with Crippen LogP contribution in [0.25, 0.3) is 0 Å². The molecule has 0 aromatic carbocycles. The highest BCUT2D eigenvalue weighted by molar-refractivity contribution is 5.96. The summed E-state index contributed by atoms with van der Waals surface area (Å²) in [5.74, 6) is -4.39. The van der Waals surface area contributed by atoms with Gasteiger partial charge in [-0.15, -0.1) is 0 Å². The van der Waals surface area contributed by atoms with Gasteiger partial charge >= 0.3 is 18.2 Å². The standard InChI is InChI=1S/C40H71N7O11/c1-16-25(6)30(35(52)46(15)31(24(4)5)36(53)45(14)26(7)32(49)43-44-38(55)58-40(11,12)13)42-33(50)27-18-17-21-47(27)34(51)28(22-23(2)3)56-29(48)19-20-41-37(54)57-39(8,9)10/h23-28,30-31H,16-22H2,1-15H3,(H,41,54)(H,42,50)(H,43,49)(H,44,55)/t25-,26-,27-,28+,30-,31-/m0/s1. The van der Waals surface area contributed by atoms with Gasteiger partial charge in [-0.2, -0.15) is 0 Å². The zero-order valence-electron chi connectivity index (χ0n) is 37.4. The van der Waals surface area contributed by atoms with Crippen LogP contribution >= 0.6 is 0 Å². The van der Waals surface area contributed by atoms with Gasteiger partial charge in [-0.05, 0) is 85.5 Å². The predicted octanol–water partition coefficient (Wildman–Crippen LogP) is 3.27. The minimum atomic E-state index is -1.17. The number of alkyl carbamates (subject to hydrolysis) is 1. The SMILES string of the molecule is CC[C@H](C)[C@H](NC(=O)[C@@H]1CCCN1C(=O)[C@@H](CC(C)C)OC(=O)CCNC(=O)OC(C)(C)C)C(=O)N(C)[C@H](C(=O)N(C)[C@@H](C)C(=O)NNC(=O)OC(C)(C)C)C(C)C. The Labute approximate surface area is 344 Å². The lowest BCUT2D eigenvalue weighted by molar-refractivity contribution is -0.162. The zero-order chi connectivity index (χ0) is 44.9. The number of nitrogens with one attached hydrogen (secondary N) is 4. The molecule has 58 heavy (non-hydrogen) atoms. The average molecular weight is 826 g/mol. The van der Waals surface area contributed by atoms with Crippen molar-refractivity contribution in [3.8, 4) is 0 Å². The Hall–Kier alpha value is -4.64. The number of likely N-dealkylation sites (N-methyl/N-ethyl adjacent to an activating group) is 2. The van der Waals surface area contributed by atoms with Gasteiger partial charge in [0.25, 0.3) is 11.8 Å². The first-order valence-electron chi connectivity index (χ1n) is 20.2. The summed E-state index contributed by atoms with van der Waals surface area (Å²) in [5.41, 5.74) is 2.90. The number of hydrogen-bond acceptors (Lipinski definition) is 11. The number of carbonyl (C=O) groups excluding carboxylic acids is 8. The topological polar surface area (TPSA) is 222 Å². The molecule has 0 spiro atoms. The summed E-state index contributed by atoms with van der Waals surface area (Å²) in [6, 6.07) is -4.11. The quantitative estimate of drug-likeness (QED) is 0.0947. The Morgan fingerprint density at radius 1 is 0.793 bits per heavy atom. The van der Waals surface area contributed by atoms with Crippen LogP contribution in [0.1, 0.15) is 122 Å². The summed E-state index contributed by atoms with van der Waals surface area (Å²) < 4.78 is 15.9. The van der Waals surface area contributed by atoms with Gasteiger partial charge in [0.15, 0.2) is 6.10 Å². The molecule has 0 aromatic rings. The minimum absolute atomic E-state index is 0.0404. The molecular weight excluding hydrogens is 754 g/mol. The van der Waals surface area contributed by atoms with E-state index in [1.807, 2.05) is 20.8 Å². The van der Waals surface area contributed by atoms with E-state index in [0.717, 1.165) is 0 Å². The fraction of sp³-hybridized carbons (Fsp3) is 0.800. The fourth-order valence-electron chi connectivity index (χ4n) is 6.20. The van der Waals surface area contributed by atoms with Crippen LogP contribution in [0, 0.1) is 17.8 Å². The Balaban J connectivity index is 3.15. The second-order valence-electron chi connectivity index (χ2n) is 17.7. The first-order chi connectivity index (χ1) is 26.6. The zero-order valence-corrected chi connectivity index (χ0v) is 37.4. The lowest BCUT2D eigenvalue weighted by atomic mass is 9.94. The van der Waals surface area contributed by atoms with Gasteiger partial charge in [-0.25, -0.2) is 15.0 Å². The maximum atomic E-state index is 14.3. The summed E-state index contributed by atoms with van der Waals surface area (Å²) in [6.07, 6.45) is -1.43. The van der Waals surface area contributed by atoms with Crippen molar-refractivity contribution in [1.29, 1.82) is 0 Å². The van der Waals surface area contributed by atoms with Gasteiger partial charge in [-0.1, -0.05) is 48.0 Å². The summed E-state index contributed by atoms with van der Waals surface area (Å²) in [6.45, 7) is 22.7. The second-order valence-corrected chi connectivity index (χ2v) is 17.7. The molecule has 4 N–H and O–H groups in total. The van der Waals surface area contributed by atoms with Crippen LogP contribution < -0.4 is 21.5 Å². The van der Waals surface area contributed by atoms with Crippen molar-refractivity contribution in [2.24, 2.45) is 17.8 Å². The maximum absolute atomic E-state index is 14.3. The third-order valence-corrected chi connectivity index (χ3v) is 9.49. The highest BCUT2D eigenvalue weighted by atomic mass is 16.6. The van der Waals surface area contributed by atoms with Crippen molar-refractivity contribution in [3.05, 3.63) is 0 Å². The average Bonchev–Trinajstić information content (AvgIpc) is 3.59. The Bertz CT molecular complexity index is 1460. The van der Waals surface area contributed by atoms with Gasteiger partial charge in [-0.3, -0.25) is 34.2 Å². The molecule has 1 rings (SSSR count). The van der Waals surface area contributed by atoms with Gasteiger partial charge in [0.1, 0.15) is 35.4 Å². The molecule has 0 unspecified atom stereocenters. The monoisotopic (exact) mass is 826 g/mol. The van der Waals surface area contributed by atoms with E-state index in [0.29, 0.717) is 19.3 Å². The highest BCUT2D eigenvalue weighted by Crippen LogP contribution is 2.24. The second kappa shape index (κ2) is 22.5. The number of ether oxygens (including phenoxy) is 3. The molecule has 0 aromatic heterocycles. The molecule has 6 atom stereocenters. The molecule has 1 saturated heterocycles. The number of hydrogen-bond donors (Lipinski definition) is 4. The number of likely N-dealkylation sites (tertiary alicyclic amines) is 1. The molecule has 0 saturated carbocycles. The van der Waals surface area contributed by atoms with Crippen LogP contribution in [0.2, 0.25) is 0 Å². The van der Waals surface area contributed by atoms with Crippen LogP contribution in [0.4, 0.5) is 9.59 Å². The number of carbonyl (C=O) groups is 8. The molecule has 1 heterocycles. The fourth-order valence-corrected chi connectivity index (χ4v) is 6.20. The first-order valence-corrected chi connectivity index (χ1v) is 20.2. The summed E-state index contributed by atoms with van der Waals surface area (Å²) in [5, 5.41) is 5.36. The van der Waals surface area contributed by atoms with E-state index in [2.05, 4.69) is 21.5 Å². The molecule has 1 fully saturated rings. The number of amides is 7. The van der Waals surface area contributed by atoms with E-state index in [4.69, 9.17) is 14.2 Å². The van der Waals surface area contributed by atoms with Crippen molar-refractivity contribution >= 4 is 47.7 Å². The lowest BCUT2D eigenvalue weighted by Crippen LogP contribution is -2.61. The van der Waals surface area contributed by atoms with Crippen LogP contribution in [0.5, 0.6) is 0 Å². The summed E-state index contributed by atoms with van der Waals surface area (Å²) >= 11 is 0. The Morgan fingerprint density at radius 3 is 1.88 bits per heavy atom. The third-order valence-electron chi connectivity index (χ3n) is 9.49. The van der Waals surface area contributed by atoms with Crippen molar-refractivity contribution in [2.45, 2.75) is 164 Å². The highest BCUT2D eigenvalue weighted by Gasteiger charge is 2.43. The number of nitrogens with zero attached hydrogens (tertiary/aromatic N) is 3. The van der Waals surface area contributed by atoms with Crippen LogP contribution in [0.15, 0.2) is 0 Å². The van der Waals surface area contributed by atoms with E-state index >= 15 is 0 Å². The normalized spacial score (nSPS) is 16.9. The smallest absolute Gasteiger partial charge is 0.426 e. The van der Waals surface area contributed by atoms with Crippen LogP contribution in [-0.4, -0.2) is 131 Å². The van der Waals surface area contributed by atoms with Gasteiger partial charge < -0.3 is 39.5 Å². The van der Waals surface area contributed by atoms with Gasteiger partial charge in [0.2, 0.25) is 17.7 Å². The van der Waals surface area contributed by atoms with Gasteiger partial charge in [0.05, 0.1) is 6.42 Å². The molecule has 0 radical (unpaired) electrons. The van der Waals surface area contributed by atoms with Crippen molar-refractivity contribution < 1.29 is 52.6 Å². The van der Waals surface area contributed by atoms with E-state index in [1.54, 1.807) is 62.3 Å². The molecule has 1 aliphatic heterocycles. The molecular formula is C40H71N7O11. The van der Waals surface area contributed by atoms with Crippen molar-refractivity contribution in [1.82, 2.24) is 36.2 Å². The van der Waals surface area contributed by atoms with Crippen molar-refractivity contribution in [2.75, 3.05) is 27.2 Å². The first kappa shape index (κ1) is 51.4. The lowest BCUT2D eigenvalue weighted by Gasteiger charge is -2.38. The molecule has 18 nitrogen and oxygen atoms in total. The van der Waals surface area contributed by atoms with Gasteiger partial charge in [0, 0.05) is 27.2 Å². The number of esters is 1. The Kier molecular flexibility index (Phi) is 19.9. The largest absolute Gasteiger partial charge is 0.452 e. The number of hydrazine groups is 1.